The number of alkyl halides is 1. The van der Waals surface area contributed by atoms with Crippen LogP contribution in [-0.4, -0.2) is 36.7 Å². The molecule has 2 fully saturated rings. The van der Waals surface area contributed by atoms with Gasteiger partial charge in [0.15, 0.2) is 0 Å². The van der Waals surface area contributed by atoms with Crippen molar-refractivity contribution in [3.8, 4) is 6.07 Å². The average molecular weight is 506 g/mol. The third-order valence-corrected chi connectivity index (χ3v) is 7.77. The summed E-state index contributed by atoms with van der Waals surface area (Å²) in [7, 11) is 0. The van der Waals surface area contributed by atoms with Crippen molar-refractivity contribution in [2.24, 2.45) is 5.92 Å². The highest BCUT2D eigenvalue weighted by Crippen LogP contribution is 2.46. The maximum Gasteiger partial charge on any atom is 0.125 e. The molecule has 0 amide bonds. The molecule has 0 bridgehead atoms. The average Bonchev–Trinajstić information content (AvgIpc) is 2.76. The number of hydrogen-bond acceptors (Lipinski definition) is 3. The van der Waals surface area contributed by atoms with Gasteiger partial charge in [0.2, 0.25) is 0 Å². The molecular weight excluding hydrogens is 476 g/mol. The maximum atomic E-state index is 15.7. The zero-order chi connectivity index (χ0) is 25.4. The lowest BCUT2D eigenvalue weighted by Gasteiger charge is -2.50. The zero-order valence-electron chi connectivity index (χ0n) is 20.6. The SMILES string of the molecule is CC(C)(F)[C@H](c1cc(F)cc(N2CCC2)c1)C1CN(C(c2ccc(Cl)cc2)c2cccc(C#N)c2)C1. The Balaban J connectivity index is 1.44. The second kappa shape index (κ2) is 9.84. The number of benzene rings is 3. The molecule has 3 aromatic rings. The Bertz CT molecular complexity index is 1270. The minimum Gasteiger partial charge on any atom is -0.371 e. The van der Waals surface area contributed by atoms with Gasteiger partial charge in [-0.25, -0.2) is 8.78 Å². The van der Waals surface area contributed by atoms with Gasteiger partial charge in [0.1, 0.15) is 11.5 Å². The fourth-order valence-corrected chi connectivity index (χ4v) is 5.90. The minimum atomic E-state index is -1.51. The minimum absolute atomic E-state index is 0.0324. The molecule has 0 aliphatic carbocycles. The molecule has 2 aliphatic rings. The first-order chi connectivity index (χ1) is 17.2. The summed E-state index contributed by atoms with van der Waals surface area (Å²) in [5.74, 6) is -0.710. The number of hydrogen-bond donors (Lipinski definition) is 0. The molecule has 6 heteroatoms. The molecule has 36 heavy (non-hydrogen) atoms. The van der Waals surface area contributed by atoms with Crippen molar-refractivity contribution in [1.29, 1.82) is 5.26 Å². The molecule has 1 unspecified atom stereocenters. The molecule has 2 aliphatic heterocycles. The molecule has 5 rings (SSSR count). The summed E-state index contributed by atoms with van der Waals surface area (Å²) in [6.45, 7) is 6.35. The first-order valence-corrected chi connectivity index (χ1v) is 12.8. The van der Waals surface area contributed by atoms with E-state index in [1.807, 2.05) is 48.5 Å². The summed E-state index contributed by atoms with van der Waals surface area (Å²) in [6.07, 6.45) is 1.10. The fraction of sp³-hybridized carbons (Fsp3) is 0.367. The monoisotopic (exact) mass is 505 g/mol. The molecule has 0 saturated carbocycles. The van der Waals surface area contributed by atoms with E-state index in [0.29, 0.717) is 23.7 Å². The Kier molecular flexibility index (Phi) is 6.76. The van der Waals surface area contributed by atoms with Gasteiger partial charge in [-0.15, -0.1) is 0 Å². The van der Waals surface area contributed by atoms with E-state index < -0.39 is 11.6 Å². The predicted molar refractivity (Wildman–Crippen MR) is 141 cm³/mol. The Morgan fingerprint density at radius 3 is 2.31 bits per heavy atom. The number of nitrogens with zero attached hydrogens (tertiary/aromatic N) is 3. The van der Waals surface area contributed by atoms with Gasteiger partial charge in [-0.2, -0.15) is 5.26 Å². The third-order valence-electron chi connectivity index (χ3n) is 7.52. The smallest absolute Gasteiger partial charge is 0.125 e. The molecule has 2 heterocycles. The summed E-state index contributed by atoms with van der Waals surface area (Å²) in [6, 6.07) is 22.5. The number of nitriles is 1. The van der Waals surface area contributed by atoms with Crippen LogP contribution < -0.4 is 4.90 Å². The van der Waals surface area contributed by atoms with Crippen LogP contribution in [0, 0.1) is 23.1 Å². The van der Waals surface area contributed by atoms with Gasteiger partial charge in [0.05, 0.1) is 17.7 Å². The first-order valence-electron chi connectivity index (χ1n) is 12.5. The van der Waals surface area contributed by atoms with E-state index in [1.165, 1.54) is 6.07 Å². The zero-order valence-corrected chi connectivity index (χ0v) is 21.3. The molecule has 2 saturated heterocycles. The lowest BCUT2D eigenvalue weighted by atomic mass is 9.72. The second-order valence-electron chi connectivity index (χ2n) is 10.5. The number of halogens is 3. The molecular formula is C30H30ClF2N3. The fourth-order valence-electron chi connectivity index (χ4n) is 5.77. The molecule has 0 N–H and O–H groups in total. The summed E-state index contributed by atoms with van der Waals surface area (Å²) in [4.78, 5) is 4.44. The normalized spacial score (nSPS) is 18.2. The van der Waals surface area contributed by atoms with E-state index in [4.69, 9.17) is 11.6 Å². The molecule has 2 atom stereocenters. The van der Waals surface area contributed by atoms with Gasteiger partial charge in [-0.05, 0) is 85.3 Å². The third kappa shape index (κ3) is 4.98. The van der Waals surface area contributed by atoms with Gasteiger partial charge >= 0.3 is 0 Å². The predicted octanol–water partition coefficient (Wildman–Crippen LogP) is 7.11. The largest absolute Gasteiger partial charge is 0.371 e. The van der Waals surface area contributed by atoms with E-state index in [-0.39, 0.29) is 17.8 Å². The highest BCUT2D eigenvalue weighted by molar-refractivity contribution is 6.30. The van der Waals surface area contributed by atoms with Crippen molar-refractivity contribution in [2.75, 3.05) is 31.1 Å². The molecule has 3 nitrogen and oxygen atoms in total. The van der Waals surface area contributed by atoms with Crippen molar-refractivity contribution < 1.29 is 8.78 Å². The van der Waals surface area contributed by atoms with Crippen LogP contribution in [0.4, 0.5) is 14.5 Å². The van der Waals surface area contributed by atoms with Crippen LogP contribution >= 0.6 is 11.6 Å². The summed E-state index contributed by atoms with van der Waals surface area (Å²) in [5.41, 5.74) is 2.74. The van der Waals surface area contributed by atoms with E-state index in [1.54, 1.807) is 26.0 Å². The van der Waals surface area contributed by atoms with Gasteiger partial charge in [0, 0.05) is 42.8 Å². The number of likely N-dealkylation sites (tertiary alicyclic amines) is 1. The highest BCUT2D eigenvalue weighted by Gasteiger charge is 2.45. The molecule has 0 spiro atoms. The van der Waals surface area contributed by atoms with Gasteiger partial charge < -0.3 is 4.90 Å². The quantitative estimate of drug-likeness (QED) is 0.342. The Morgan fingerprint density at radius 2 is 1.69 bits per heavy atom. The van der Waals surface area contributed by atoms with Crippen LogP contribution in [-0.2, 0) is 0 Å². The van der Waals surface area contributed by atoms with Crippen LogP contribution in [0.3, 0.4) is 0 Å². The highest BCUT2D eigenvalue weighted by atomic mass is 35.5. The number of anilines is 1. The lowest BCUT2D eigenvalue weighted by molar-refractivity contribution is 0.00814. The van der Waals surface area contributed by atoms with Crippen molar-refractivity contribution in [1.82, 2.24) is 4.90 Å². The van der Waals surface area contributed by atoms with Crippen molar-refractivity contribution in [3.63, 3.8) is 0 Å². The van der Waals surface area contributed by atoms with Gasteiger partial charge in [-0.3, -0.25) is 4.90 Å². The van der Waals surface area contributed by atoms with Crippen LogP contribution in [0.5, 0.6) is 0 Å². The summed E-state index contributed by atoms with van der Waals surface area (Å²) >= 11 is 6.15. The van der Waals surface area contributed by atoms with Crippen LogP contribution in [0.15, 0.2) is 66.7 Å². The van der Waals surface area contributed by atoms with E-state index in [9.17, 15) is 9.65 Å². The maximum absolute atomic E-state index is 15.7. The van der Waals surface area contributed by atoms with Crippen molar-refractivity contribution in [2.45, 2.75) is 37.9 Å². The Morgan fingerprint density at radius 1 is 0.972 bits per heavy atom. The molecule has 3 aromatic carbocycles. The van der Waals surface area contributed by atoms with Crippen LogP contribution in [0.1, 0.15) is 54.5 Å². The Hall–Kier alpha value is -2.94. The molecule has 0 aromatic heterocycles. The topological polar surface area (TPSA) is 30.3 Å². The van der Waals surface area contributed by atoms with Crippen molar-refractivity contribution >= 4 is 17.3 Å². The summed E-state index contributed by atoms with van der Waals surface area (Å²) < 4.78 is 30.3. The van der Waals surface area contributed by atoms with Gasteiger partial charge in [-0.1, -0.05) is 35.9 Å². The van der Waals surface area contributed by atoms with Crippen LogP contribution in [0.2, 0.25) is 5.02 Å². The molecule has 186 valence electrons. The van der Waals surface area contributed by atoms with E-state index >= 15 is 4.39 Å². The number of rotatable bonds is 7. The lowest BCUT2D eigenvalue weighted by Crippen LogP contribution is -2.53. The van der Waals surface area contributed by atoms with Gasteiger partial charge in [0.25, 0.3) is 0 Å². The summed E-state index contributed by atoms with van der Waals surface area (Å²) in [5, 5.41) is 10.1. The van der Waals surface area contributed by atoms with E-state index in [0.717, 1.165) is 41.9 Å². The molecule has 0 radical (unpaired) electrons. The Labute approximate surface area is 216 Å². The van der Waals surface area contributed by atoms with Crippen LogP contribution in [0.25, 0.3) is 0 Å². The standard InChI is InChI=1S/C30H30ClF2N3/c1-30(2,33)28(23-14-26(32)16-27(15-23)35-11-4-12-35)24-18-36(19-24)29(21-7-9-25(31)10-8-21)22-6-3-5-20(13-22)17-34/h3,5-10,13-16,24,28-29H,4,11-12,18-19H2,1-2H3/t28-,29?/m1/s1. The first kappa shape index (κ1) is 24.7. The van der Waals surface area contributed by atoms with E-state index in [2.05, 4.69) is 15.9 Å². The van der Waals surface area contributed by atoms with Crippen molar-refractivity contribution in [3.05, 3.63) is 99.8 Å². The second-order valence-corrected chi connectivity index (χ2v) is 11.0.